The maximum atomic E-state index is 13.1. The van der Waals surface area contributed by atoms with Crippen LogP contribution in [-0.4, -0.2) is 16.2 Å². The van der Waals surface area contributed by atoms with E-state index in [1.165, 1.54) is 0 Å². The van der Waals surface area contributed by atoms with E-state index in [2.05, 4.69) is 0 Å². The average Bonchev–Trinajstić information content (AvgIpc) is 2.19. The van der Waals surface area contributed by atoms with Crippen molar-refractivity contribution in [3.63, 3.8) is 0 Å². The summed E-state index contributed by atoms with van der Waals surface area (Å²) in [5.74, 6) is -5.74. The minimum absolute atomic E-state index is 0.499. The molecule has 0 spiro atoms. The molecule has 0 aliphatic rings. The summed E-state index contributed by atoms with van der Waals surface area (Å²) < 4.78 is 26.0. The number of hydrogen-bond donors (Lipinski definition) is 3. The normalized spacial score (nSPS) is 12.5. The number of phenolic OH excluding ortho intramolecular Hbond substituents is 1. The smallest absolute Gasteiger partial charge is 0.325 e. The average molecular weight is 238 g/mol. The van der Waals surface area contributed by atoms with Gasteiger partial charge in [0, 0.05) is 5.56 Å². The summed E-state index contributed by atoms with van der Waals surface area (Å²) in [5.41, 5.74) is 4.46. The topological polar surface area (TPSA) is 83.6 Å². The van der Waals surface area contributed by atoms with Crippen LogP contribution in [0.2, 0.25) is 5.02 Å². The van der Waals surface area contributed by atoms with Gasteiger partial charge in [0.05, 0.1) is 5.02 Å². The number of benzene rings is 1. The molecule has 0 amide bonds. The van der Waals surface area contributed by atoms with Crippen LogP contribution in [0.5, 0.6) is 5.75 Å². The summed E-state index contributed by atoms with van der Waals surface area (Å²) in [6.45, 7) is 0. The van der Waals surface area contributed by atoms with Crippen molar-refractivity contribution in [3.05, 3.63) is 28.3 Å². The highest BCUT2D eigenvalue weighted by molar-refractivity contribution is 6.32. The number of rotatable bonds is 2. The molecule has 0 bridgehead atoms. The highest BCUT2D eigenvalue weighted by Crippen LogP contribution is 2.32. The minimum atomic E-state index is -1.74. The van der Waals surface area contributed by atoms with Crippen molar-refractivity contribution in [2.75, 3.05) is 0 Å². The molecule has 1 unspecified atom stereocenters. The first kappa shape index (κ1) is 11.7. The summed E-state index contributed by atoms with van der Waals surface area (Å²) in [4.78, 5) is 10.4. The van der Waals surface area contributed by atoms with Crippen molar-refractivity contribution >= 4 is 17.6 Å². The van der Waals surface area contributed by atoms with E-state index in [1.54, 1.807) is 0 Å². The Labute approximate surface area is 87.9 Å². The summed E-state index contributed by atoms with van der Waals surface area (Å²) >= 11 is 5.33. The quantitative estimate of drug-likeness (QED) is 0.679. The number of halogens is 3. The first-order chi connectivity index (χ1) is 6.86. The molecule has 1 aromatic carbocycles. The molecule has 0 radical (unpaired) electrons. The van der Waals surface area contributed by atoms with Gasteiger partial charge in [0.1, 0.15) is 6.04 Å². The molecule has 4 nitrogen and oxygen atoms in total. The summed E-state index contributed by atoms with van der Waals surface area (Å²) in [6.07, 6.45) is 0. The third-order valence-electron chi connectivity index (χ3n) is 1.76. The van der Waals surface area contributed by atoms with E-state index < -0.39 is 40.0 Å². The van der Waals surface area contributed by atoms with Gasteiger partial charge in [0.15, 0.2) is 11.6 Å². The van der Waals surface area contributed by atoms with Crippen LogP contribution in [0.25, 0.3) is 0 Å². The monoisotopic (exact) mass is 237 g/mol. The van der Waals surface area contributed by atoms with E-state index in [9.17, 15) is 13.6 Å². The Bertz CT molecular complexity index is 425. The summed E-state index contributed by atoms with van der Waals surface area (Å²) in [7, 11) is 0. The molecule has 0 fully saturated rings. The summed E-state index contributed by atoms with van der Waals surface area (Å²) in [5, 5.41) is 16.9. The minimum Gasteiger partial charge on any atom is -0.504 e. The number of aliphatic carboxylic acids is 1. The molecule has 82 valence electrons. The third kappa shape index (κ3) is 2.00. The standard InChI is InChI=1S/C8H6ClF2NO3/c9-3-1-2(6(12)8(14)15)4(10)5(11)7(3)13/h1,6,13H,12H2,(H,14,15). The van der Waals surface area contributed by atoms with Crippen LogP contribution in [0.15, 0.2) is 6.07 Å². The second kappa shape index (κ2) is 4.00. The maximum Gasteiger partial charge on any atom is 0.325 e. The first-order valence-electron chi connectivity index (χ1n) is 3.71. The molecule has 1 rings (SSSR count). The molecule has 0 saturated carbocycles. The van der Waals surface area contributed by atoms with Gasteiger partial charge in [-0.3, -0.25) is 4.79 Å². The van der Waals surface area contributed by atoms with Crippen molar-refractivity contribution < 1.29 is 23.8 Å². The molecule has 0 aliphatic heterocycles. The Morgan fingerprint density at radius 2 is 2.00 bits per heavy atom. The van der Waals surface area contributed by atoms with Gasteiger partial charge in [0.2, 0.25) is 5.82 Å². The van der Waals surface area contributed by atoms with E-state index in [0.29, 0.717) is 0 Å². The fraction of sp³-hybridized carbons (Fsp3) is 0.125. The van der Waals surface area contributed by atoms with Gasteiger partial charge in [-0.1, -0.05) is 11.6 Å². The number of aromatic hydroxyl groups is 1. The lowest BCUT2D eigenvalue weighted by atomic mass is 10.1. The lowest BCUT2D eigenvalue weighted by Gasteiger charge is -2.10. The molecule has 0 heterocycles. The predicted octanol–water partition coefficient (Wildman–Crippen LogP) is 1.41. The van der Waals surface area contributed by atoms with E-state index in [0.717, 1.165) is 6.07 Å². The van der Waals surface area contributed by atoms with E-state index in [1.807, 2.05) is 0 Å². The molecule has 1 atom stereocenters. The zero-order valence-corrected chi connectivity index (χ0v) is 7.92. The van der Waals surface area contributed by atoms with Crippen molar-refractivity contribution in [2.24, 2.45) is 5.73 Å². The molecule has 1 aromatic rings. The van der Waals surface area contributed by atoms with Gasteiger partial charge < -0.3 is 15.9 Å². The second-order valence-electron chi connectivity index (χ2n) is 2.74. The van der Waals surface area contributed by atoms with Gasteiger partial charge in [-0.05, 0) is 6.07 Å². The molecular formula is C8H6ClF2NO3. The van der Waals surface area contributed by atoms with E-state index >= 15 is 0 Å². The Kier molecular flexibility index (Phi) is 3.11. The molecule has 4 N–H and O–H groups in total. The Hall–Kier alpha value is -1.40. The molecule has 0 aromatic heterocycles. The second-order valence-corrected chi connectivity index (χ2v) is 3.15. The van der Waals surface area contributed by atoms with Crippen molar-refractivity contribution in [1.82, 2.24) is 0 Å². The lowest BCUT2D eigenvalue weighted by molar-refractivity contribution is -0.138. The van der Waals surface area contributed by atoms with Crippen LogP contribution >= 0.6 is 11.6 Å². The zero-order valence-electron chi connectivity index (χ0n) is 7.17. The number of carboxylic acids is 1. The molecule has 15 heavy (non-hydrogen) atoms. The zero-order chi connectivity index (χ0) is 11.7. The van der Waals surface area contributed by atoms with Gasteiger partial charge in [-0.15, -0.1) is 0 Å². The SMILES string of the molecule is NC(C(=O)O)c1cc(Cl)c(O)c(F)c1F. The molecule has 0 saturated heterocycles. The van der Waals surface area contributed by atoms with Crippen molar-refractivity contribution in [1.29, 1.82) is 0 Å². The Morgan fingerprint density at radius 1 is 1.47 bits per heavy atom. The van der Waals surface area contributed by atoms with E-state index in [-0.39, 0.29) is 0 Å². The first-order valence-corrected chi connectivity index (χ1v) is 4.08. The maximum absolute atomic E-state index is 13.1. The number of nitrogens with two attached hydrogens (primary N) is 1. The predicted molar refractivity (Wildman–Crippen MR) is 47.6 cm³/mol. The van der Waals surface area contributed by atoms with Gasteiger partial charge in [-0.25, -0.2) is 4.39 Å². The number of hydrogen-bond acceptors (Lipinski definition) is 3. The van der Waals surface area contributed by atoms with Crippen LogP contribution < -0.4 is 5.73 Å². The van der Waals surface area contributed by atoms with Crippen LogP contribution in [0.3, 0.4) is 0 Å². The van der Waals surface area contributed by atoms with Gasteiger partial charge in [-0.2, -0.15) is 4.39 Å². The molecular weight excluding hydrogens is 232 g/mol. The van der Waals surface area contributed by atoms with Crippen molar-refractivity contribution in [3.8, 4) is 5.75 Å². The molecule has 0 aliphatic carbocycles. The summed E-state index contributed by atoms with van der Waals surface area (Å²) in [6, 6.07) is -0.966. The van der Waals surface area contributed by atoms with Crippen LogP contribution in [-0.2, 0) is 4.79 Å². The Balaban J connectivity index is 3.38. The highest BCUT2D eigenvalue weighted by Gasteiger charge is 2.24. The number of phenols is 1. The van der Waals surface area contributed by atoms with Crippen molar-refractivity contribution in [2.45, 2.75) is 6.04 Å². The van der Waals surface area contributed by atoms with Crippen LogP contribution in [0.1, 0.15) is 11.6 Å². The largest absolute Gasteiger partial charge is 0.504 e. The van der Waals surface area contributed by atoms with Crippen LogP contribution in [0.4, 0.5) is 8.78 Å². The fourth-order valence-corrected chi connectivity index (χ4v) is 1.16. The van der Waals surface area contributed by atoms with E-state index in [4.69, 9.17) is 27.5 Å². The van der Waals surface area contributed by atoms with Gasteiger partial charge >= 0.3 is 5.97 Å². The Morgan fingerprint density at radius 3 is 2.47 bits per heavy atom. The fourth-order valence-electron chi connectivity index (χ4n) is 0.963. The van der Waals surface area contributed by atoms with Crippen LogP contribution in [0, 0.1) is 11.6 Å². The molecule has 7 heteroatoms. The van der Waals surface area contributed by atoms with Gasteiger partial charge in [0.25, 0.3) is 0 Å². The lowest BCUT2D eigenvalue weighted by Crippen LogP contribution is -2.22. The third-order valence-corrected chi connectivity index (χ3v) is 2.05. The number of carbonyl (C=O) groups is 1. The number of carboxylic acid groups (broad SMARTS) is 1. The highest BCUT2D eigenvalue weighted by atomic mass is 35.5.